The molecule has 0 radical (unpaired) electrons. The molecule has 0 aliphatic heterocycles. The number of carbonyl (C=O) groups is 1. The number of hydrogen-bond donors (Lipinski definition) is 1. The van der Waals surface area contributed by atoms with E-state index in [1.54, 1.807) is 6.92 Å². The number of esters is 1. The number of aliphatic hydroxyl groups is 1. The van der Waals surface area contributed by atoms with Crippen LogP contribution in [0.4, 0.5) is 0 Å². The Morgan fingerprint density at radius 1 is 1.17 bits per heavy atom. The molecule has 4 nitrogen and oxygen atoms in total. The summed E-state index contributed by atoms with van der Waals surface area (Å²) in [5, 5.41) is 9.92. The van der Waals surface area contributed by atoms with E-state index < -0.39 is 11.5 Å². The third-order valence-corrected chi connectivity index (χ3v) is 4.18. The van der Waals surface area contributed by atoms with Crippen molar-refractivity contribution in [3.05, 3.63) is 65.7 Å². The van der Waals surface area contributed by atoms with E-state index in [0.717, 1.165) is 16.9 Å². The Labute approximate surface area is 135 Å². The van der Waals surface area contributed by atoms with Crippen LogP contribution in [0, 0.1) is 0 Å². The first kappa shape index (κ1) is 15.6. The Bertz CT molecular complexity index is 666. The molecule has 0 saturated heterocycles. The SMILES string of the molecule is CCOC(=O)[C@]1(c2ccc(OCc3ccccc3)cc2)C[C@H]1O. The van der Waals surface area contributed by atoms with E-state index in [4.69, 9.17) is 9.47 Å². The molecule has 0 bridgehead atoms. The second-order valence-electron chi connectivity index (χ2n) is 5.71. The van der Waals surface area contributed by atoms with Gasteiger partial charge in [-0.1, -0.05) is 42.5 Å². The highest BCUT2D eigenvalue weighted by atomic mass is 16.5. The zero-order valence-corrected chi connectivity index (χ0v) is 13.1. The fourth-order valence-corrected chi connectivity index (χ4v) is 2.74. The van der Waals surface area contributed by atoms with Gasteiger partial charge in [-0.05, 0) is 36.6 Å². The summed E-state index contributed by atoms with van der Waals surface area (Å²) in [4.78, 5) is 12.1. The summed E-state index contributed by atoms with van der Waals surface area (Å²) in [6.07, 6.45) is -0.256. The van der Waals surface area contributed by atoms with Gasteiger partial charge in [0, 0.05) is 0 Å². The third kappa shape index (κ3) is 3.08. The zero-order chi connectivity index (χ0) is 16.3. The van der Waals surface area contributed by atoms with Crippen molar-refractivity contribution < 1.29 is 19.4 Å². The number of benzene rings is 2. The average molecular weight is 312 g/mol. The molecule has 23 heavy (non-hydrogen) atoms. The molecule has 0 aromatic heterocycles. The first-order chi connectivity index (χ1) is 11.2. The summed E-state index contributed by atoms with van der Waals surface area (Å²) in [5.74, 6) is 0.372. The number of ether oxygens (including phenoxy) is 2. The molecule has 120 valence electrons. The van der Waals surface area contributed by atoms with Gasteiger partial charge >= 0.3 is 5.97 Å². The molecule has 2 aromatic rings. The maximum absolute atomic E-state index is 12.1. The quantitative estimate of drug-likeness (QED) is 0.833. The third-order valence-electron chi connectivity index (χ3n) is 4.18. The van der Waals surface area contributed by atoms with Crippen LogP contribution in [-0.2, 0) is 21.6 Å². The highest BCUT2D eigenvalue weighted by Crippen LogP contribution is 2.49. The molecule has 4 heteroatoms. The molecule has 1 aliphatic carbocycles. The first-order valence-electron chi connectivity index (χ1n) is 7.79. The van der Waals surface area contributed by atoms with Crippen molar-refractivity contribution in [3.63, 3.8) is 0 Å². The van der Waals surface area contributed by atoms with Crippen LogP contribution >= 0.6 is 0 Å². The molecule has 2 aromatic carbocycles. The van der Waals surface area contributed by atoms with Gasteiger partial charge in [0.2, 0.25) is 0 Å². The monoisotopic (exact) mass is 312 g/mol. The fourth-order valence-electron chi connectivity index (χ4n) is 2.74. The van der Waals surface area contributed by atoms with Crippen LogP contribution in [-0.4, -0.2) is 23.8 Å². The van der Waals surface area contributed by atoms with Gasteiger partial charge in [-0.2, -0.15) is 0 Å². The van der Waals surface area contributed by atoms with Gasteiger partial charge in [-0.25, -0.2) is 0 Å². The highest BCUT2D eigenvalue weighted by Gasteiger charge is 2.62. The molecule has 0 heterocycles. The van der Waals surface area contributed by atoms with Gasteiger partial charge in [-0.3, -0.25) is 4.79 Å². The van der Waals surface area contributed by atoms with E-state index in [1.165, 1.54) is 0 Å². The van der Waals surface area contributed by atoms with Crippen LogP contribution in [0.15, 0.2) is 54.6 Å². The minimum atomic E-state index is -0.895. The van der Waals surface area contributed by atoms with Crippen molar-refractivity contribution in [3.8, 4) is 5.75 Å². The number of carbonyl (C=O) groups excluding carboxylic acids is 1. The molecule has 1 N–H and O–H groups in total. The van der Waals surface area contributed by atoms with Gasteiger partial charge in [-0.15, -0.1) is 0 Å². The maximum atomic E-state index is 12.1. The van der Waals surface area contributed by atoms with Crippen LogP contribution in [0.3, 0.4) is 0 Å². The molecule has 0 amide bonds. The van der Waals surface area contributed by atoms with Gasteiger partial charge in [0.1, 0.15) is 17.8 Å². The average Bonchev–Trinajstić information content (AvgIpc) is 3.27. The van der Waals surface area contributed by atoms with Crippen molar-refractivity contribution in [2.24, 2.45) is 0 Å². The fraction of sp³-hybridized carbons (Fsp3) is 0.316. The lowest BCUT2D eigenvalue weighted by Gasteiger charge is -2.15. The Morgan fingerprint density at radius 2 is 1.83 bits per heavy atom. The summed E-state index contributed by atoms with van der Waals surface area (Å²) in [5.41, 5.74) is 0.973. The van der Waals surface area contributed by atoms with E-state index in [1.807, 2.05) is 54.6 Å². The summed E-state index contributed by atoms with van der Waals surface area (Å²) >= 11 is 0. The molecule has 1 saturated carbocycles. The van der Waals surface area contributed by atoms with Crippen LogP contribution < -0.4 is 4.74 Å². The molecule has 0 spiro atoms. The van der Waals surface area contributed by atoms with E-state index in [2.05, 4.69) is 0 Å². The van der Waals surface area contributed by atoms with Crippen molar-refractivity contribution in [1.82, 2.24) is 0 Å². The summed E-state index contributed by atoms with van der Waals surface area (Å²) in [6, 6.07) is 17.2. The summed E-state index contributed by atoms with van der Waals surface area (Å²) in [6.45, 7) is 2.57. The largest absolute Gasteiger partial charge is 0.489 e. The minimum Gasteiger partial charge on any atom is -0.489 e. The van der Waals surface area contributed by atoms with Crippen LogP contribution in [0.25, 0.3) is 0 Å². The number of hydrogen-bond acceptors (Lipinski definition) is 4. The van der Waals surface area contributed by atoms with E-state index in [-0.39, 0.29) is 5.97 Å². The van der Waals surface area contributed by atoms with Gasteiger partial charge in [0.05, 0.1) is 12.7 Å². The van der Waals surface area contributed by atoms with E-state index in [9.17, 15) is 9.90 Å². The van der Waals surface area contributed by atoms with Gasteiger partial charge in [0.25, 0.3) is 0 Å². The van der Waals surface area contributed by atoms with Crippen molar-refractivity contribution in [2.75, 3.05) is 6.61 Å². The Kier molecular flexibility index (Phi) is 4.35. The van der Waals surface area contributed by atoms with E-state index in [0.29, 0.717) is 19.6 Å². The summed E-state index contributed by atoms with van der Waals surface area (Å²) < 4.78 is 10.8. The lowest BCUT2D eigenvalue weighted by molar-refractivity contribution is -0.147. The van der Waals surface area contributed by atoms with Crippen LogP contribution in [0.1, 0.15) is 24.5 Å². The number of aliphatic hydroxyl groups excluding tert-OH is 1. The zero-order valence-electron chi connectivity index (χ0n) is 13.1. The highest BCUT2D eigenvalue weighted by molar-refractivity contribution is 5.88. The lowest BCUT2D eigenvalue weighted by atomic mass is 9.95. The van der Waals surface area contributed by atoms with E-state index >= 15 is 0 Å². The molecule has 2 atom stereocenters. The van der Waals surface area contributed by atoms with Gasteiger partial charge < -0.3 is 14.6 Å². The topological polar surface area (TPSA) is 55.8 Å². The Balaban J connectivity index is 1.68. The molecular weight excluding hydrogens is 292 g/mol. The first-order valence-corrected chi connectivity index (χ1v) is 7.79. The maximum Gasteiger partial charge on any atom is 0.319 e. The van der Waals surface area contributed by atoms with Crippen LogP contribution in [0.2, 0.25) is 0 Å². The van der Waals surface area contributed by atoms with Crippen molar-refractivity contribution >= 4 is 5.97 Å². The minimum absolute atomic E-state index is 0.311. The lowest BCUT2D eigenvalue weighted by Crippen LogP contribution is -2.27. The molecule has 0 unspecified atom stereocenters. The molecule has 1 aliphatic rings. The second kappa shape index (κ2) is 6.42. The van der Waals surface area contributed by atoms with Crippen LogP contribution in [0.5, 0.6) is 5.75 Å². The van der Waals surface area contributed by atoms with Crippen molar-refractivity contribution in [1.29, 1.82) is 0 Å². The predicted molar refractivity (Wildman–Crippen MR) is 86.2 cm³/mol. The Hall–Kier alpha value is -2.33. The summed E-state index contributed by atoms with van der Waals surface area (Å²) in [7, 11) is 0. The predicted octanol–water partition coefficient (Wildman–Crippen LogP) is 2.83. The standard InChI is InChI=1S/C19H20O4/c1-2-22-18(21)19(12-17(19)20)15-8-10-16(11-9-15)23-13-14-6-4-3-5-7-14/h3-11,17,20H,2,12-13H2,1H3/t17-,19+/m1/s1. The smallest absolute Gasteiger partial charge is 0.319 e. The molecule has 1 fully saturated rings. The van der Waals surface area contributed by atoms with Crippen molar-refractivity contribution in [2.45, 2.75) is 31.5 Å². The Morgan fingerprint density at radius 3 is 2.39 bits per heavy atom. The second-order valence-corrected chi connectivity index (χ2v) is 5.71. The number of rotatable bonds is 6. The molecule has 3 rings (SSSR count). The normalized spacial score (nSPS) is 22.4. The molecular formula is C19H20O4. The van der Waals surface area contributed by atoms with Gasteiger partial charge in [0.15, 0.2) is 0 Å².